The van der Waals surface area contributed by atoms with Gasteiger partial charge in [-0.25, -0.2) is 4.98 Å². The Morgan fingerprint density at radius 2 is 2.08 bits per heavy atom. The number of aromatic nitrogens is 1. The van der Waals surface area contributed by atoms with E-state index in [0.29, 0.717) is 27.9 Å². The summed E-state index contributed by atoms with van der Waals surface area (Å²) in [6.45, 7) is 1.95. The maximum Gasteiger partial charge on any atom is 0.243 e. The first kappa shape index (κ1) is 21.0. The van der Waals surface area contributed by atoms with E-state index < -0.39 is 0 Å². The van der Waals surface area contributed by atoms with Gasteiger partial charge in [-0.3, -0.25) is 9.59 Å². The van der Waals surface area contributed by atoms with Gasteiger partial charge >= 0.3 is 0 Å². The summed E-state index contributed by atoms with van der Waals surface area (Å²) in [5.41, 5.74) is 1.58. The topological polar surface area (TPSA) is 62.3 Å². The van der Waals surface area contributed by atoms with E-state index in [1.807, 2.05) is 12.3 Å². The molecule has 2 rings (SSSR count). The summed E-state index contributed by atoms with van der Waals surface area (Å²) in [6.07, 6.45) is 0.379. The smallest absolute Gasteiger partial charge is 0.243 e. The molecule has 140 valence electrons. The Labute approximate surface area is 171 Å². The van der Waals surface area contributed by atoms with Crippen molar-refractivity contribution in [3.05, 3.63) is 44.3 Å². The average molecular weight is 432 g/mol. The summed E-state index contributed by atoms with van der Waals surface area (Å²) in [7, 11) is 1.62. The summed E-state index contributed by atoms with van der Waals surface area (Å²) < 4.78 is 0. The summed E-state index contributed by atoms with van der Waals surface area (Å²) >= 11 is 15.0. The van der Waals surface area contributed by atoms with Gasteiger partial charge in [0.05, 0.1) is 27.3 Å². The number of likely N-dealkylation sites (N-methyl/N-ethyl adjacent to an activating group) is 1. The fraction of sp³-hybridized carbons (Fsp3) is 0.353. The Morgan fingerprint density at radius 3 is 2.73 bits per heavy atom. The Bertz CT molecular complexity index is 783. The van der Waals surface area contributed by atoms with Crippen molar-refractivity contribution in [1.29, 1.82) is 0 Å². The normalized spacial score (nSPS) is 10.6. The third-order valence-corrected chi connectivity index (χ3v) is 5.94. The third kappa shape index (κ3) is 6.79. The molecule has 0 saturated heterocycles. The molecule has 0 bridgehead atoms. The Balaban J connectivity index is 1.70. The number of halogens is 2. The van der Waals surface area contributed by atoms with Crippen molar-refractivity contribution in [2.45, 2.75) is 19.1 Å². The molecule has 0 fully saturated rings. The molecular formula is C17H19Cl2N3O2S2. The van der Waals surface area contributed by atoms with Gasteiger partial charge < -0.3 is 10.2 Å². The maximum absolute atomic E-state index is 12.1. The number of anilines is 1. The van der Waals surface area contributed by atoms with Gasteiger partial charge in [0.25, 0.3) is 0 Å². The molecule has 0 atom stereocenters. The number of nitrogens with one attached hydrogen (secondary N) is 1. The molecule has 1 aromatic heterocycles. The van der Waals surface area contributed by atoms with Crippen molar-refractivity contribution >= 4 is 63.8 Å². The Hall–Kier alpha value is -1.28. The highest BCUT2D eigenvalue weighted by atomic mass is 35.5. The first-order valence-electron chi connectivity index (χ1n) is 7.83. The predicted octanol–water partition coefficient (Wildman–Crippen LogP) is 4.48. The van der Waals surface area contributed by atoms with Gasteiger partial charge in [-0.2, -0.15) is 11.8 Å². The second-order valence-corrected chi connectivity index (χ2v) is 8.57. The standard InChI is InChI=1S/C17H19Cl2N3O2S2/c1-11-20-13(10-26-11)9-25-6-5-17(24)22(2)8-16(23)21-12-3-4-14(18)15(19)7-12/h3-4,7,10H,5-6,8-9H2,1-2H3,(H,21,23). The molecule has 1 heterocycles. The number of benzene rings is 1. The second kappa shape index (κ2) is 10.2. The molecule has 0 aliphatic carbocycles. The molecule has 1 aromatic carbocycles. The molecule has 0 saturated carbocycles. The van der Waals surface area contributed by atoms with Gasteiger partial charge in [-0.05, 0) is 25.1 Å². The van der Waals surface area contributed by atoms with Crippen molar-refractivity contribution in [3.8, 4) is 0 Å². The molecule has 5 nitrogen and oxygen atoms in total. The Kier molecular flexibility index (Phi) is 8.21. The minimum absolute atomic E-state index is 0.0188. The minimum Gasteiger partial charge on any atom is -0.336 e. The van der Waals surface area contributed by atoms with E-state index in [4.69, 9.17) is 23.2 Å². The van der Waals surface area contributed by atoms with Gasteiger partial charge in [-0.15, -0.1) is 11.3 Å². The van der Waals surface area contributed by atoms with E-state index in [9.17, 15) is 9.59 Å². The van der Waals surface area contributed by atoms with Crippen LogP contribution >= 0.6 is 46.3 Å². The number of nitrogens with zero attached hydrogens (tertiary/aromatic N) is 2. The SMILES string of the molecule is Cc1nc(CSCCC(=O)N(C)CC(=O)Nc2ccc(Cl)c(Cl)c2)cs1. The molecule has 0 aliphatic heterocycles. The van der Waals surface area contributed by atoms with Gasteiger partial charge in [-0.1, -0.05) is 23.2 Å². The quantitative estimate of drug-likeness (QED) is 0.625. The van der Waals surface area contributed by atoms with Crippen LogP contribution in [0.15, 0.2) is 23.6 Å². The van der Waals surface area contributed by atoms with Crippen LogP contribution < -0.4 is 5.32 Å². The first-order chi connectivity index (χ1) is 12.3. The lowest BCUT2D eigenvalue weighted by molar-refractivity contribution is -0.132. The van der Waals surface area contributed by atoms with Crippen molar-refractivity contribution in [1.82, 2.24) is 9.88 Å². The lowest BCUT2D eigenvalue weighted by Gasteiger charge is -2.17. The number of rotatable bonds is 8. The van der Waals surface area contributed by atoms with Crippen molar-refractivity contribution in [3.63, 3.8) is 0 Å². The van der Waals surface area contributed by atoms with Crippen molar-refractivity contribution < 1.29 is 9.59 Å². The number of amides is 2. The highest BCUT2D eigenvalue weighted by Gasteiger charge is 2.13. The van der Waals surface area contributed by atoms with Crippen LogP contribution in [0, 0.1) is 6.92 Å². The molecule has 2 aromatic rings. The largest absolute Gasteiger partial charge is 0.336 e. The monoisotopic (exact) mass is 431 g/mol. The molecule has 1 N–H and O–H groups in total. The second-order valence-electron chi connectivity index (χ2n) is 5.59. The van der Waals surface area contributed by atoms with E-state index >= 15 is 0 Å². The predicted molar refractivity (Wildman–Crippen MR) is 110 cm³/mol. The maximum atomic E-state index is 12.1. The van der Waals surface area contributed by atoms with Crippen LogP contribution in [0.3, 0.4) is 0 Å². The number of hydrogen-bond donors (Lipinski definition) is 1. The Morgan fingerprint density at radius 1 is 1.31 bits per heavy atom. The van der Waals surface area contributed by atoms with Crippen LogP contribution in [0.25, 0.3) is 0 Å². The highest BCUT2D eigenvalue weighted by Crippen LogP contribution is 2.25. The average Bonchev–Trinajstić information content (AvgIpc) is 3.00. The molecule has 26 heavy (non-hydrogen) atoms. The van der Waals surface area contributed by atoms with E-state index in [1.165, 1.54) is 4.90 Å². The minimum atomic E-state index is -0.287. The fourth-order valence-corrected chi connectivity index (χ4v) is 3.92. The lowest BCUT2D eigenvalue weighted by Crippen LogP contribution is -2.35. The molecule has 0 aliphatic rings. The van der Waals surface area contributed by atoms with Gasteiger partial charge in [0.15, 0.2) is 0 Å². The van der Waals surface area contributed by atoms with Crippen LogP contribution in [-0.4, -0.2) is 41.0 Å². The molecule has 9 heteroatoms. The van der Waals surface area contributed by atoms with Gasteiger partial charge in [0.1, 0.15) is 0 Å². The van der Waals surface area contributed by atoms with Crippen LogP contribution in [0.2, 0.25) is 10.0 Å². The van der Waals surface area contributed by atoms with Crippen LogP contribution in [0.5, 0.6) is 0 Å². The third-order valence-electron chi connectivity index (χ3n) is 3.39. The van der Waals surface area contributed by atoms with Crippen LogP contribution in [0.4, 0.5) is 5.69 Å². The van der Waals surface area contributed by atoms with E-state index in [0.717, 1.165) is 16.5 Å². The summed E-state index contributed by atoms with van der Waals surface area (Å²) in [6, 6.07) is 4.83. The molecule has 0 spiro atoms. The molecular weight excluding hydrogens is 413 g/mol. The number of hydrogen-bond acceptors (Lipinski definition) is 5. The van der Waals surface area contributed by atoms with Crippen molar-refractivity contribution in [2.24, 2.45) is 0 Å². The molecule has 0 radical (unpaired) electrons. The van der Waals surface area contributed by atoms with E-state index in [2.05, 4.69) is 10.3 Å². The van der Waals surface area contributed by atoms with Crippen molar-refractivity contribution in [2.75, 3.05) is 24.7 Å². The zero-order chi connectivity index (χ0) is 19.1. The van der Waals surface area contributed by atoms with Gasteiger partial charge in [0.2, 0.25) is 11.8 Å². The number of aryl methyl sites for hydroxylation is 1. The first-order valence-corrected chi connectivity index (χ1v) is 10.6. The van der Waals surface area contributed by atoms with E-state index in [-0.39, 0.29) is 18.4 Å². The molecule has 0 unspecified atom stereocenters. The van der Waals surface area contributed by atoms with Gasteiger partial charge in [0, 0.05) is 36.0 Å². The zero-order valence-corrected chi connectivity index (χ0v) is 17.6. The van der Waals surface area contributed by atoms with Crippen LogP contribution in [-0.2, 0) is 15.3 Å². The number of thiazole rings is 1. The fourth-order valence-electron chi connectivity index (χ4n) is 2.08. The molecule has 2 amide bonds. The van der Waals surface area contributed by atoms with Crippen LogP contribution in [0.1, 0.15) is 17.1 Å². The summed E-state index contributed by atoms with van der Waals surface area (Å²) in [4.78, 5) is 30.0. The highest BCUT2D eigenvalue weighted by molar-refractivity contribution is 7.98. The number of thioether (sulfide) groups is 1. The summed E-state index contributed by atoms with van der Waals surface area (Å²) in [5.74, 6) is 1.12. The zero-order valence-electron chi connectivity index (χ0n) is 14.4. The lowest BCUT2D eigenvalue weighted by atomic mass is 10.3. The number of carbonyl (C=O) groups is 2. The van der Waals surface area contributed by atoms with E-state index in [1.54, 1.807) is 48.3 Å². The summed E-state index contributed by atoms with van der Waals surface area (Å²) in [5, 5.41) is 6.56. The number of carbonyl (C=O) groups excluding carboxylic acids is 2.